The molecule has 1 aromatic rings. The van der Waals surface area contributed by atoms with Crippen molar-refractivity contribution in [1.29, 1.82) is 0 Å². The van der Waals surface area contributed by atoms with Crippen LogP contribution in [0.4, 0.5) is 10.5 Å². The van der Waals surface area contributed by atoms with Gasteiger partial charge in [-0.1, -0.05) is 5.92 Å². The standard InChI is InChI=1S/C15H15NO5S/c1-3-11-4-6-12(7-5-11)16-9-13(21-15(16)18)8-14(10-17)22(2,19)20/h1,4-7,10,13-14H,8-9H2,2H3. The predicted molar refractivity (Wildman–Crippen MR) is 81.3 cm³/mol. The minimum absolute atomic E-state index is 0.0486. The van der Waals surface area contributed by atoms with E-state index in [0.29, 0.717) is 17.5 Å². The summed E-state index contributed by atoms with van der Waals surface area (Å²) >= 11 is 0. The van der Waals surface area contributed by atoms with Crippen molar-refractivity contribution in [2.24, 2.45) is 0 Å². The molecule has 2 atom stereocenters. The third kappa shape index (κ3) is 3.46. The summed E-state index contributed by atoms with van der Waals surface area (Å²) in [6, 6.07) is 6.76. The Bertz CT molecular complexity index is 717. The predicted octanol–water partition coefficient (Wildman–Crippen LogP) is 0.995. The summed E-state index contributed by atoms with van der Waals surface area (Å²) in [6.07, 6.45) is 5.35. The van der Waals surface area contributed by atoms with E-state index in [-0.39, 0.29) is 13.0 Å². The first-order valence-corrected chi connectivity index (χ1v) is 8.49. The molecule has 6 nitrogen and oxygen atoms in total. The number of benzene rings is 1. The molecule has 0 radical (unpaired) electrons. The molecule has 0 N–H and O–H groups in total. The lowest BCUT2D eigenvalue weighted by Crippen LogP contribution is -2.29. The van der Waals surface area contributed by atoms with Crippen LogP contribution < -0.4 is 4.90 Å². The van der Waals surface area contributed by atoms with E-state index >= 15 is 0 Å². The van der Waals surface area contributed by atoms with Gasteiger partial charge in [-0.2, -0.15) is 0 Å². The monoisotopic (exact) mass is 321 g/mol. The Morgan fingerprint density at radius 2 is 2.09 bits per heavy atom. The summed E-state index contributed by atoms with van der Waals surface area (Å²) in [7, 11) is -3.51. The zero-order valence-electron chi connectivity index (χ0n) is 11.9. The molecule has 1 amide bonds. The van der Waals surface area contributed by atoms with Crippen LogP contribution in [0.2, 0.25) is 0 Å². The number of nitrogens with zero attached hydrogens (tertiary/aromatic N) is 1. The second-order valence-corrected chi connectivity index (χ2v) is 7.31. The van der Waals surface area contributed by atoms with Gasteiger partial charge in [0, 0.05) is 23.9 Å². The molecule has 1 aliphatic heterocycles. The Kier molecular flexibility index (Phi) is 4.52. The molecule has 1 saturated heterocycles. The summed E-state index contributed by atoms with van der Waals surface area (Å²) in [5.41, 5.74) is 1.29. The van der Waals surface area contributed by atoms with Crippen LogP contribution in [0.3, 0.4) is 0 Å². The third-order valence-corrected chi connectivity index (χ3v) is 4.82. The van der Waals surface area contributed by atoms with E-state index in [2.05, 4.69) is 5.92 Å². The number of rotatable bonds is 5. The summed E-state index contributed by atoms with van der Waals surface area (Å²) in [5.74, 6) is 2.47. The van der Waals surface area contributed by atoms with E-state index in [1.54, 1.807) is 24.3 Å². The van der Waals surface area contributed by atoms with Crippen LogP contribution in [0.25, 0.3) is 0 Å². The Morgan fingerprint density at radius 3 is 2.59 bits per heavy atom. The van der Waals surface area contributed by atoms with Gasteiger partial charge in [-0.15, -0.1) is 6.42 Å². The Labute approximate surface area is 129 Å². The molecule has 0 bridgehead atoms. The fourth-order valence-corrected chi connectivity index (χ4v) is 2.95. The maximum Gasteiger partial charge on any atom is 0.414 e. The molecule has 2 rings (SSSR count). The number of carbonyl (C=O) groups excluding carboxylic acids is 2. The maximum atomic E-state index is 11.9. The minimum atomic E-state index is -3.51. The first-order valence-electron chi connectivity index (χ1n) is 6.54. The molecule has 2 unspecified atom stereocenters. The highest BCUT2D eigenvalue weighted by molar-refractivity contribution is 7.92. The molecule has 0 aliphatic carbocycles. The summed E-state index contributed by atoms with van der Waals surface area (Å²) in [4.78, 5) is 24.2. The lowest BCUT2D eigenvalue weighted by Gasteiger charge is -2.14. The number of aldehydes is 1. The molecule has 7 heteroatoms. The second-order valence-electron chi connectivity index (χ2n) is 5.05. The van der Waals surface area contributed by atoms with Crippen molar-refractivity contribution in [1.82, 2.24) is 0 Å². The molecule has 1 aliphatic rings. The van der Waals surface area contributed by atoms with E-state index in [1.807, 2.05) is 0 Å². The SMILES string of the molecule is C#Cc1ccc(N2CC(CC(C=O)S(C)(=O)=O)OC2=O)cc1. The summed E-state index contributed by atoms with van der Waals surface area (Å²) in [6.45, 7) is 0.189. The number of hydrogen-bond acceptors (Lipinski definition) is 5. The topological polar surface area (TPSA) is 80.8 Å². The number of terminal acetylenes is 1. The van der Waals surface area contributed by atoms with Crippen LogP contribution in [-0.2, 0) is 19.4 Å². The maximum absolute atomic E-state index is 11.9. The Balaban J connectivity index is 2.10. The van der Waals surface area contributed by atoms with Crippen LogP contribution >= 0.6 is 0 Å². The van der Waals surface area contributed by atoms with Crippen LogP contribution in [0, 0.1) is 12.3 Å². The van der Waals surface area contributed by atoms with Gasteiger partial charge in [0.05, 0.1) is 6.54 Å². The van der Waals surface area contributed by atoms with Gasteiger partial charge in [-0.05, 0) is 24.3 Å². The van der Waals surface area contributed by atoms with Crippen molar-refractivity contribution >= 4 is 27.9 Å². The van der Waals surface area contributed by atoms with Gasteiger partial charge >= 0.3 is 6.09 Å². The van der Waals surface area contributed by atoms with Crippen molar-refractivity contribution in [3.63, 3.8) is 0 Å². The second kappa shape index (κ2) is 6.20. The smallest absolute Gasteiger partial charge is 0.414 e. The molecule has 22 heavy (non-hydrogen) atoms. The van der Waals surface area contributed by atoms with Gasteiger partial charge in [0.2, 0.25) is 0 Å². The number of cyclic esters (lactones) is 1. The van der Waals surface area contributed by atoms with Gasteiger partial charge in [0.1, 0.15) is 17.6 Å². The van der Waals surface area contributed by atoms with Crippen LogP contribution in [0.1, 0.15) is 12.0 Å². The lowest BCUT2D eigenvalue weighted by molar-refractivity contribution is -0.107. The Morgan fingerprint density at radius 1 is 1.45 bits per heavy atom. The number of ether oxygens (including phenoxy) is 1. The molecule has 0 aromatic heterocycles. The van der Waals surface area contributed by atoms with Gasteiger partial charge in [0.25, 0.3) is 0 Å². The van der Waals surface area contributed by atoms with Crippen LogP contribution in [0.5, 0.6) is 0 Å². The first kappa shape index (κ1) is 16.0. The number of amides is 1. The molecule has 116 valence electrons. The Hall–Kier alpha value is -2.33. The summed E-state index contributed by atoms with van der Waals surface area (Å²) < 4.78 is 28.0. The third-order valence-electron chi connectivity index (χ3n) is 3.42. The number of sulfone groups is 1. The van der Waals surface area contributed by atoms with Crippen molar-refractivity contribution in [2.45, 2.75) is 17.8 Å². The first-order chi connectivity index (χ1) is 10.3. The van der Waals surface area contributed by atoms with E-state index in [1.165, 1.54) is 4.90 Å². The van der Waals surface area contributed by atoms with E-state index in [0.717, 1.165) is 6.26 Å². The summed E-state index contributed by atoms with van der Waals surface area (Å²) in [5, 5.41) is -1.17. The minimum Gasteiger partial charge on any atom is -0.444 e. The van der Waals surface area contributed by atoms with Gasteiger partial charge < -0.3 is 9.53 Å². The van der Waals surface area contributed by atoms with Gasteiger partial charge in [-0.25, -0.2) is 13.2 Å². The average molecular weight is 321 g/mol. The van der Waals surface area contributed by atoms with Gasteiger partial charge in [-0.3, -0.25) is 4.90 Å². The number of anilines is 1. The highest BCUT2D eigenvalue weighted by Crippen LogP contribution is 2.24. The van der Waals surface area contributed by atoms with Crippen molar-refractivity contribution in [3.05, 3.63) is 29.8 Å². The van der Waals surface area contributed by atoms with E-state index in [4.69, 9.17) is 11.2 Å². The quantitative estimate of drug-likeness (QED) is 0.597. The van der Waals surface area contributed by atoms with Gasteiger partial charge in [0.15, 0.2) is 9.84 Å². The van der Waals surface area contributed by atoms with Crippen molar-refractivity contribution in [3.8, 4) is 12.3 Å². The highest BCUT2D eigenvalue weighted by Gasteiger charge is 2.36. The van der Waals surface area contributed by atoms with Crippen molar-refractivity contribution < 1.29 is 22.7 Å². The molecule has 0 spiro atoms. The number of hydrogen-bond donors (Lipinski definition) is 0. The van der Waals surface area contributed by atoms with E-state index in [9.17, 15) is 18.0 Å². The molecule has 0 saturated carbocycles. The number of carbonyl (C=O) groups is 2. The van der Waals surface area contributed by atoms with Crippen molar-refractivity contribution in [2.75, 3.05) is 17.7 Å². The molecule has 1 fully saturated rings. The zero-order chi connectivity index (χ0) is 16.3. The highest BCUT2D eigenvalue weighted by atomic mass is 32.2. The molecular formula is C15H15NO5S. The zero-order valence-corrected chi connectivity index (χ0v) is 12.7. The van der Waals surface area contributed by atoms with Crippen LogP contribution in [-0.4, -0.2) is 45.0 Å². The fraction of sp³-hybridized carbons (Fsp3) is 0.333. The normalized spacial score (nSPS) is 19.4. The average Bonchev–Trinajstić information content (AvgIpc) is 2.84. The fourth-order valence-electron chi connectivity index (χ4n) is 2.18. The largest absolute Gasteiger partial charge is 0.444 e. The molecule has 1 heterocycles. The van der Waals surface area contributed by atoms with Crippen LogP contribution in [0.15, 0.2) is 24.3 Å². The lowest BCUT2D eigenvalue weighted by atomic mass is 10.2. The van der Waals surface area contributed by atoms with E-state index < -0.39 is 27.3 Å². The molecule has 1 aromatic carbocycles. The molecular weight excluding hydrogens is 306 g/mol.